The Bertz CT molecular complexity index is 1050. The van der Waals surface area contributed by atoms with E-state index in [1.54, 1.807) is 24.3 Å². The minimum absolute atomic E-state index is 0.00295. The zero-order valence-corrected chi connectivity index (χ0v) is 17.2. The molecule has 1 spiro atoms. The van der Waals surface area contributed by atoms with Gasteiger partial charge in [-0.3, -0.25) is 9.59 Å². The quantitative estimate of drug-likeness (QED) is 0.810. The van der Waals surface area contributed by atoms with Crippen molar-refractivity contribution < 1.29 is 4.79 Å². The molecule has 1 amide bonds. The van der Waals surface area contributed by atoms with E-state index >= 15 is 0 Å². The van der Waals surface area contributed by atoms with Gasteiger partial charge in [0.25, 0.3) is 11.5 Å². The first-order valence-corrected chi connectivity index (χ1v) is 10.2. The lowest BCUT2D eigenvalue weighted by molar-refractivity contribution is 0.0663. The molecule has 6 heteroatoms. The van der Waals surface area contributed by atoms with Crippen molar-refractivity contribution in [2.24, 2.45) is 0 Å². The fraction of sp³-hybridized carbons (Fsp3) is 0.478. The van der Waals surface area contributed by atoms with Crippen LogP contribution in [0.25, 0.3) is 0 Å². The molecule has 1 aliphatic carbocycles. The van der Waals surface area contributed by atoms with Gasteiger partial charge in [-0.1, -0.05) is 20.8 Å². The maximum atomic E-state index is 12.9. The Morgan fingerprint density at radius 2 is 1.83 bits per heavy atom. The molecule has 1 aromatic carbocycles. The van der Waals surface area contributed by atoms with Crippen LogP contribution in [-0.2, 0) is 17.3 Å². The second-order valence-corrected chi connectivity index (χ2v) is 9.25. The largest absolute Gasteiger partial charge is 0.339 e. The highest BCUT2D eigenvalue weighted by atomic mass is 16.2. The number of benzene rings is 1. The van der Waals surface area contributed by atoms with E-state index in [4.69, 9.17) is 10.2 Å². The van der Waals surface area contributed by atoms with Crippen molar-refractivity contribution in [3.8, 4) is 6.07 Å². The standard InChI is InChI=1S/C23H26N4O2/c1-22(2,3)21-25-18-17(19(28)26-21)8-9-23(18)10-12-27(13-11-23)20(29)16-6-4-15(14-24)5-7-16/h4-7H,8-13H2,1-3H3,(H,25,26,28). The Balaban J connectivity index is 1.56. The molecule has 0 saturated carbocycles. The van der Waals surface area contributed by atoms with Crippen molar-refractivity contribution in [3.05, 3.63) is 62.8 Å². The molecule has 4 rings (SSSR count). The summed E-state index contributed by atoms with van der Waals surface area (Å²) >= 11 is 0. The first kappa shape index (κ1) is 19.4. The van der Waals surface area contributed by atoms with Gasteiger partial charge in [-0.25, -0.2) is 4.98 Å². The van der Waals surface area contributed by atoms with Crippen LogP contribution in [0.2, 0.25) is 0 Å². The van der Waals surface area contributed by atoms with E-state index in [9.17, 15) is 9.59 Å². The van der Waals surface area contributed by atoms with Gasteiger partial charge in [0.1, 0.15) is 5.82 Å². The predicted octanol–water partition coefficient (Wildman–Crippen LogP) is 3.06. The summed E-state index contributed by atoms with van der Waals surface area (Å²) in [6, 6.07) is 8.86. The van der Waals surface area contributed by atoms with Gasteiger partial charge in [0.05, 0.1) is 17.3 Å². The van der Waals surface area contributed by atoms with E-state index in [-0.39, 0.29) is 22.3 Å². The Morgan fingerprint density at radius 1 is 1.17 bits per heavy atom. The van der Waals surface area contributed by atoms with Gasteiger partial charge < -0.3 is 9.88 Å². The van der Waals surface area contributed by atoms with E-state index in [0.29, 0.717) is 24.2 Å². The number of rotatable bonds is 1. The average molecular weight is 390 g/mol. The van der Waals surface area contributed by atoms with E-state index < -0.39 is 0 Å². The summed E-state index contributed by atoms with van der Waals surface area (Å²) in [6.45, 7) is 7.46. The molecule has 1 aromatic heterocycles. The summed E-state index contributed by atoms with van der Waals surface area (Å²) in [5, 5.41) is 8.93. The Labute approximate surface area is 170 Å². The van der Waals surface area contributed by atoms with Gasteiger partial charge >= 0.3 is 0 Å². The molecular weight excluding hydrogens is 364 g/mol. The first-order chi connectivity index (χ1) is 13.7. The van der Waals surface area contributed by atoms with Crippen molar-refractivity contribution in [3.63, 3.8) is 0 Å². The molecule has 0 atom stereocenters. The van der Waals surface area contributed by atoms with Gasteiger partial charge in [-0.15, -0.1) is 0 Å². The molecule has 1 N–H and O–H groups in total. The summed E-state index contributed by atoms with van der Waals surface area (Å²) in [7, 11) is 0. The lowest BCUT2D eigenvalue weighted by Crippen LogP contribution is -2.45. The van der Waals surface area contributed by atoms with Gasteiger partial charge in [0.15, 0.2) is 0 Å². The molecule has 150 valence electrons. The maximum Gasteiger partial charge on any atom is 0.254 e. The number of nitriles is 1. The fourth-order valence-corrected chi connectivity index (χ4v) is 4.50. The third-order valence-electron chi connectivity index (χ3n) is 6.35. The van der Waals surface area contributed by atoms with E-state index in [1.807, 2.05) is 4.90 Å². The number of hydrogen-bond acceptors (Lipinski definition) is 4. The Hall–Kier alpha value is -2.94. The molecule has 29 heavy (non-hydrogen) atoms. The van der Waals surface area contributed by atoms with E-state index in [0.717, 1.165) is 42.8 Å². The number of amides is 1. The van der Waals surface area contributed by atoms with Crippen LogP contribution in [0.1, 0.15) is 73.0 Å². The van der Waals surface area contributed by atoms with Gasteiger partial charge in [0.2, 0.25) is 0 Å². The summed E-state index contributed by atoms with van der Waals surface area (Å²) in [6.07, 6.45) is 3.32. The van der Waals surface area contributed by atoms with Crippen LogP contribution in [0.3, 0.4) is 0 Å². The zero-order chi connectivity index (χ0) is 20.8. The molecule has 0 unspecified atom stereocenters. The van der Waals surface area contributed by atoms with Crippen molar-refractivity contribution in [2.75, 3.05) is 13.1 Å². The van der Waals surface area contributed by atoms with Crippen molar-refractivity contribution in [2.45, 2.75) is 57.3 Å². The molecule has 2 aliphatic rings. The van der Waals surface area contributed by atoms with Crippen LogP contribution in [0.15, 0.2) is 29.1 Å². The van der Waals surface area contributed by atoms with Crippen LogP contribution >= 0.6 is 0 Å². The lowest BCUT2D eigenvalue weighted by atomic mass is 9.76. The number of piperidine rings is 1. The Morgan fingerprint density at radius 3 is 2.41 bits per heavy atom. The summed E-state index contributed by atoms with van der Waals surface area (Å²) < 4.78 is 0. The zero-order valence-electron chi connectivity index (χ0n) is 17.2. The van der Waals surface area contributed by atoms with Crippen LogP contribution in [-0.4, -0.2) is 33.9 Å². The number of likely N-dealkylation sites (tertiary alicyclic amines) is 1. The number of carbonyl (C=O) groups excluding carboxylic acids is 1. The average Bonchev–Trinajstić information content (AvgIpc) is 3.06. The SMILES string of the molecule is CC(C)(C)c1nc2c(c(=O)[nH]1)CCC21CCN(C(=O)c2ccc(C#N)cc2)CC1. The second-order valence-electron chi connectivity index (χ2n) is 9.25. The molecular formula is C23H26N4O2. The predicted molar refractivity (Wildman–Crippen MR) is 110 cm³/mol. The highest BCUT2D eigenvalue weighted by Crippen LogP contribution is 2.44. The minimum Gasteiger partial charge on any atom is -0.339 e. The number of nitrogens with one attached hydrogen (secondary N) is 1. The number of carbonyl (C=O) groups is 1. The molecule has 0 radical (unpaired) electrons. The van der Waals surface area contributed by atoms with Gasteiger partial charge in [-0.2, -0.15) is 5.26 Å². The molecule has 0 bridgehead atoms. The number of nitrogens with zero attached hydrogens (tertiary/aromatic N) is 3. The molecule has 1 fully saturated rings. The van der Waals surface area contributed by atoms with Gasteiger partial charge in [-0.05, 0) is 49.9 Å². The number of aromatic amines is 1. The van der Waals surface area contributed by atoms with E-state index in [2.05, 4.69) is 31.8 Å². The molecule has 6 nitrogen and oxygen atoms in total. The maximum absolute atomic E-state index is 12.9. The summed E-state index contributed by atoms with van der Waals surface area (Å²) in [5.74, 6) is 0.732. The van der Waals surface area contributed by atoms with Crippen molar-refractivity contribution in [1.29, 1.82) is 5.26 Å². The van der Waals surface area contributed by atoms with Crippen LogP contribution in [0.5, 0.6) is 0 Å². The normalized spacial score (nSPS) is 17.8. The fourth-order valence-electron chi connectivity index (χ4n) is 4.50. The molecule has 2 heterocycles. The Kier molecular flexibility index (Phi) is 4.57. The monoisotopic (exact) mass is 390 g/mol. The van der Waals surface area contributed by atoms with Gasteiger partial charge in [0, 0.05) is 35.0 Å². The third-order valence-corrected chi connectivity index (χ3v) is 6.35. The molecule has 2 aromatic rings. The first-order valence-electron chi connectivity index (χ1n) is 10.2. The summed E-state index contributed by atoms with van der Waals surface area (Å²) in [4.78, 5) is 35.3. The summed E-state index contributed by atoms with van der Waals surface area (Å²) in [5.41, 5.74) is 2.60. The third kappa shape index (κ3) is 3.35. The van der Waals surface area contributed by atoms with Crippen LogP contribution in [0.4, 0.5) is 0 Å². The minimum atomic E-state index is -0.218. The van der Waals surface area contributed by atoms with E-state index in [1.165, 1.54) is 0 Å². The van der Waals surface area contributed by atoms with Crippen molar-refractivity contribution >= 4 is 5.91 Å². The molecule has 1 saturated heterocycles. The highest BCUT2D eigenvalue weighted by Gasteiger charge is 2.45. The van der Waals surface area contributed by atoms with Crippen LogP contribution in [0, 0.1) is 11.3 Å². The smallest absolute Gasteiger partial charge is 0.254 e. The number of aromatic nitrogens is 2. The number of fused-ring (bicyclic) bond motifs is 2. The van der Waals surface area contributed by atoms with Crippen molar-refractivity contribution in [1.82, 2.24) is 14.9 Å². The number of hydrogen-bond donors (Lipinski definition) is 1. The molecule has 1 aliphatic heterocycles. The second kappa shape index (κ2) is 6.84. The number of H-pyrrole nitrogens is 1. The van der Waals surface area contributed by atoms with Crippen LogP contribution < -0.4 is 5.56 Å². The lowest BCUT2D eigenvalue weighted by Gasteiger charge is -2.39. The highest BCUT2D eigenvalue weighted by molar-refractivity contribution is 5.94. The topological polar surface area (TPSA) is 89.8 Å².